The van der Waals surface area contributed by atoms with Crippen LogP contribution in [0.3, 0.4) is 0 Å². The van der Waals surface area contributed by atoms with E-state index in [9.17, 15) is 4.79 Å². The largest absolute Gasteiger partial charge is 0.493 e. The third-order valence-corrected chi connectivity index (χ3v) is 4.78. The van der Waals surface area contributed by atoms with Gasteiger partial charge in [-0.15, -0.1) is 0 Å². The number of carbonyl (C=O) groups excluding carboxylic acids is 1. The van der Waals surface area contributed by atoms with Crippen LogP contribution in [-0.2, 0) is 11.3 Å². The van der Waals surface area contributed by atoms with E-state index in [1.165, 1.54) is 6.42 Å². The van der Waals surface area contributed by atoms with Crippen LogP contribution in [0.5, 0.6) is 11.5 Å². The Kier molecular flexibility index (Phi) is 6.91. The molecule has 1 aromatic rings. The summed E-state index contributed by atoms with van der Waals surface area (Å²) in [6.07, 6.45) is 3.47. The lowest BCUT2D eigenvalue weighted by molar-refractivity contribution is -0.135. The summed E-state index contributed by atoms with van der Waals surface area (Å²) in [7, 11) is 3.27. The average Bonchev–Trinajstić information content (AvgIpc) is 2.61. The van der Waals surface area contributed by atoms with Gasteiger partial charge in [0.05, 0.1) is 20.8 Å². The molecule has 1 aromatic carbocycles. The van der Waals surface area contributed by atoms with Gasteiger partial charge >= 0.3 is 0 Å². The minimum Gasteiger partial charge on any atom is -0.493 e. The predicted molar refractivity (Wildman–Crippen MR) is 95.5 cm³/mol. The molecule has 24 heavy (non-hydrogen) atoms. The van der Waals surface area contributed by atoms with Gasteiger partial charge in [0, 0.05) is 19.1 Å². The third-order valence-electron chi connectivity index (χ3n) is 4.78. The maximum absolute atomic E-state index is 12.6. The molecule has 1 heterocycles. The number of ether oxygens (including phenoxy) is 2. The van der Waals surface area contributed by atoms with Crippen LogP contribution in [0.4, 0.5) is 0 Å². The second-order valence-electron chi connectivity index (χ2n) is 6.42. The van der Waals surface area contributed by atoms with Gasteiger partial charge in [-0.2, -0.15) is 0 Å². The second-order valence-corrected chi connectivity index (χ2v) is 6.42. The minimum atomic E-state index is 0.240. The molecule has 0 aliphatic carbocycles. The van der Waals surface area contributed by atoms with E-state index in [-0.39, 0.29) is 5.91 Å². The minimum absolute atomic E-state index is 0.240. The maximum atomic E-state index is 12.6. The van der Waals surface area contributed by atoms with Crippen molar-refractivity contribution in [3.05, 3.63) is 23.8 Å². The Morgan fingerprint density at radius 2 is 2.00 bits per heavy atom. The molecule has 2 rings (SSSR count). The van der Waals surface area contributed by atoms with Gasteiger partial charge in [0.15, 0.2) is 11.5 Å². The molecule has 1 amide bonds. The number of hydrogen-bond acceptors (Lipinski definition) is 4. The molecule has 134 valence electrons. The van der Waals surface area contributed by atoms with Crippen LogP contribution in [0.25, 0.3) is 0 Å². The average molecular weight is 334 g/mol. The van der Waals surface area contributed by atoms with Crippen molar-refractivity contribution in [1.82, 2.24) is 9.80 Å². The first-order valence-corrected chi connectivity index (χ1v) is 8.81. The van der Waals surface area contributed by atoms with Gasteiger partial charge in [0.25, 0.3) is 0 Å². The Hall–Kier alpha value is -1.75. The zero-order valence-electron chi connectivity index (χ0n) is 15.4. The fourth-order valence-corrected chi connectivity index (χ4v) is 3.27. The van der Waals surface area contributed by atoms with Crippen molar-refractivity contribution in [2.45, 2.75) is 45.7 Å². The SMILES string of the molecule is CCN(CC(=O)N1CCCCC1C)Cc1ccc(OC)c(OC)c1. The monoisotopic (exact) mass is 334 g/mol. The van der Waals surface area contributed by atoms with Crippen molar-refractivity contribution in [3.8, 4) is 11.5 Å². The summed E-state index contributed by atoms with van der Waals surface area (Å²) in [6, 6.07) is 6.29. The Bertz CT molecular complexity index is 547. The molecule has 1 atom stereocenters. The number of amides is 1. The van der Waals surface area contributed by atoms with Crippen molar-refractivity contribution in [2.24, 2.45) is 0 Å². The Morgan fingerprint density at radius 1 is 1.25 bits per heavy atom. The molecule has 0 radical (unpaired) electrons. The molecule has 0 N–H and O–H groups in total. The highest BCUT2D eigenvalue weighted by Gasteiger charge is 2.24. The third kappa shape index (κ3) is 4.63. The van der Waals surface area contributed by atoms with Crippen LogP contribution in [0.2, 0.25) is 0 Å². The summed E-state index contributed by atoms with van der Waals surface area (Å²) in [4.78, 5) is 16.8. The van der Waals surface area contributed by atoms with Crippen molar-refractivity contribution in [1.29, 1.82) is 0 Å². The molecule has 1 unspecified atom stereocenters. The van der Waals surface area contributed by atoms with Crippen molar-refractivity contribution in [2.75, 3.05) is 33.9 Å². The van der Waals surface area contributed by atoms with E-state index in [0.717, 1.165) is 49.5 Å². The lowest BCUT2D eigenvalue weighted by Gasteiger charge is -2.35. The van der Waals surface area contributed by atoms with Crippen molar-refractivity contribution in [3.63, 3.8) is 0 Å². The highest BCUT2D eigenvalue weighted by atomic mass is 16.5. The van der Waals surface area contributed by atoms with Crippen molar-refractivity contribution >= 4 is 5.91 Å². The van der Waals surface area contributed by atoms with Crippen LogP contribution in [0, 0.1) is 0 Å². The molecule has 0 saturated carbocycles. The Labute approximate surface area is 145 Å². The molecule has 5 nitrogen and oxygen atoms in total. The molecule has 1 fully saturated rings. The first-order chi connectivity index (χ1) is 11.6. The number of piperidine rings is 1. The molecule has 1 aliphatic rings. The van der Waals surface area contributed by atoms with E-state index < -0.39 is 0 Å². The van der Waals surface area contributed by atoms with Crippen LogP contribution in [-0.4, -0.2) is 55.6 Å². The number of methoxy groups -OCH3 is 2. The summed E-state index contributed by atoms with van der Waals surface area (Å²) in [5, 5.41) is 0. The van der Waals surface area contributed by atoms with Crippen molar-refractivity contribution < 1.29 is 14.3 Å². The number of benzene rings is 1. The van der Waals surface area contributed by atoms with E-state index in [2.05, 4.69) is 18.7 Å². The Morgan fingerprint density at radius 3 is 2.62 bits per heavy atom. The lowest BCUT2D eigenvalue weighted by atomic mass is 10.0. The zero-order valence-corrected chi connectivity index (χ0v) is 15.4. The fourth-order valence-electron chi connectivity index (χ4n) is 3.27. The van der Waals surface area contributed by atoms with Gasteiger partial charge in [0.2, 0.25) is 5.91 Å². The van der Waals surface area contributed by atoms with Gasteiger partial charge in [0.1, 0.15) is 0 Å². The van der Waals surface area contributed by atoms with E-state index in [1.807, 2.05) is 23.1 Å². The first-order valence-electron chi connectivity index (χ1n) is 8.81. The summed E-state index contributed by atoms with van der Waals surface area (Å²) >= 11 is 0. The standard InChI is InChI=1S/C19H30N2O3/c1-5-20(14-19(22)21-11-7-6-8-15(21)2)13-16-9-10-17(23-3)18(12-16)24-4/h9-10,12,15H,5-8,11,13-14H2,1-4H3. The smallest absolute Gasteiger partial charge is 0.236 e. The lowest BCUT2D eigenvalue weighted by Crippen LogP contribution is -2.46. The molecule has 0 spiro atoms. The number of hydrogen-bond donors (Lipinski definition) is 0. The normalized spacial score (nSPS) is 17.9. The number of rotatable bonds is 7. The topological polar surface area (TPSA) is 42.0 Å². The van der Waals surface area contributed by atoms with Gasteiger partial charge in [-0.05, 0) is 50.4 Å². The Balaban J connectivity index is 2.00. The van der Waals surface area contributed by atoms with Crippen LogP contribution >= 0.6 is 0 Å². The zero-order chi connectivity index (χ0) is 17.5. The van der Waals surface area contributed by atoms with E-state index in [1.54, 1.807) is 14.2 Å². The van der Waals surface area contributed by atoms with Gasteiger partial charge in [-0.3, -0.25) is 9.69 Å². The van der Waals surface area contributed by atoms with Crippen LogP contribution in [0.1, 0.15) is 38.7 Å². The number of carbonyl (C=O) groups is 1. The van der Waals surface area contributed by atoms with Gasteiger partial charge in [-0.25, -0.2) is 0 Å². The van der Waals surface area contributed by atoms with E-state index in [4.69, 9.17) is 9.47 Å². The number of likely N-dealkylation sites (tertiary alicyclic amines) is 1. The molecule has 0 bridgehead atoms. The quantitative estimate of drug-likeness (QED) is 0.769. The molecule has 0 aromatic heterocycles. The van der Waals surface area contributed by atoms with Gasteiger partial charge < -0.3 is 14.4 Å². The van der Waals surface area contributed by atoms with Gasteiger partial charge in [-0.1, -0.05) is 13.0 Å². The first kappa shape index (κ1) is 18.6. The number of nitrogens with zero attached hydrogens (tertiary/aromatic N) is 2. The maximum Gasteiger partial charge on any atom is 0.236 e. The predicted octanol–water partition coefficient (Wildman–Crippen LogP) is 2.93. The summed E-state index contributed by atoms with van der Waals surface area (Å²) in [5.74, 6) is 1.69. The number of likely N-dealkylation sites (N-methyl/N-ethyl adjacent to an activating group) is 1. The highest BCUT2D eigenvalue weighted by Crippen LogP contribution is 2.28. The summed E-state index contributed by atoms with van der Waals surface area (Å²) in [6.45, 7) is 7.17. The summed E-state index contributed by atoms with van der Waals surface area (Å²) in [5.41, 5.74) is 1.12. The molecule has 1 saturated heterocycles. The molecule has 5 heteroatoms. The molecular weight excluding hydrogens is 304 g/mol. The molecule has 1 aliphatic heterocycles. The fraction of sp³-hybridized carbons (Fsp3) is 0.632. The summed E-state index contributed by atoms with van der Waals surface area (Å²) < 4.78 is 10.6. The highest BCUT2D eigenvalue weighted by molar-refractivity contribution is 5.78. The van der Waals surface area contributed by atoms with Crippen LogP contribution < -0.4 is 9.47 Å². The van der Waals surface area contributed by atoms with Crippen LogP contribution in [0.15, 0.2) is 18.2 Å². The van der Waals surface area contributed by atoms with E-state index in [0.29, 0.717) is 12.6 Å². The molecular formula is C19H30N2O3. The van der Waals surface area contributed by atoms with E-state index >= 15 is 0 Å². The second kappa shape index (κ2) is 8.92.